The average Bonchev–Trinajstić information content (AvgIpc) is 3.37. The second-order valence-electron chi connectivity index (χ2n) is 8.08. The molecule has 0 radical (unpaired) electrons. The van der Waals surface area contributed by atoms with Crippen LogP contribution in [0.5, 0.6) is 5.75 Å². The average molecular weight is 470 g/mol. The van der Waals surface area contributed by atoms with Crippen LogP contribution in [0.3, 0.4) is 0 Å². The first-order valence-corrected chi connectivity index (χ1v) is 12.0. The fourth-order valence-electron chi connectivity index (χ4n) is 3.86. The molecule has 0 fully saturated rings. The molecule has 0 spiro atoms. The number of carbonyl (C=O) groups is 1. The zero-order valence-corrected chi connectivity index (χ0v) is 20.2. The molecular formula is C28H31N5O2. The summed E-state index contributed by atoms with van der Waals surface area (Å²) in [5, 5.41) is 7.75. The molecule has 0 saturated heterocycles. The van der Waals surface area contributed by atoms with E-state index in [2.05, 4.69) is 29.0 Å². The minimum Gasteiger partial charge on any atom is -0.492 e. The number of aromatic nitrogens is 3. The number of para-hydroxylation sites is 2. The minimum atomic E-state index is -0.205. The van der Waals surface area contributed by atoms with E-state index in [0.29, 0.717) is 24.4 Å². The van der Waals surface area contributed by atoms with E-state index in [9.17, 15) is 4.79 Å². The van der Waals surface area contributed by atoms with Gasteiger partial charge in [-0.1, -0.05) is 50.2 Å². The normalized spacial score (nSPS) is 10.9. The maximum absolute atomic E-state index is 13.3. The monoisotopic (exact) mass is 469 g/mol. The number of benzene rings is 2. The summed E-state index contributed by atoms with van der Waals surface area (Å²) >= 11 is 0. The molecule has 35 heavy (non-hydrogen) atoms. The van der Waals surface area contributed by atoms with Crippen molar-refractivity contribution in [3.8, 4) is 22.7 Å². The molecule has 7 nitrogen and oxygen atoms in total. The van der Waals surface area contributed by atoms with Crippen LogP contribution in [0.2, 0.25) is 0 Å². The van der Waals surface area contributed by atoms with Crippen molar-refractivity contribution in [3.63, 3.8) is 0 Å². The van der Waals surface area contributed by atoms with Crippen LogP contribution < -0.4 is 10.1 Å². The van der Waals surface area contributed by atoms with Crippen LogP contribution in [-0.4, -0.2) is 51.8 Å². The number of carbonyl (C=O) groups excluding carboxylic acids is 1. The molecule has 0 saturated carbocycles. The summed E-state index contributed by atoms with van der Waals surface area (Å²) in [5.41, 5.74) is 3.67. The van der Waals surface area contributed by atoms with Crippen molar-refractivity contribution < 1.29 is 9.53 Å². The molecule has 1 N–H and O–H groups in total. The molecule has 7 heteroatoms. The van der Waals surface area contributed by atoms with Crippen molar-refractivity contribution in [2.24, 2.45) is 0 Å². The maximum atomic E-state index is 13.3. The van der Waals surface area contributed by atoms with Crippen LogP contribution in [0, 0.1) is 0 Å². The Kier molecular flexibility index (Phi) is 8.25. The number of hydrogen-bond acceptors (Lipinski definition) is 5. The van der Waals surface area contributed by atoms with Crippen LogP contribution in [0.15, 0.2) is 85.3 Å². The SMILES string of the molecule is CCN(CC)CCOc1ccccc1CNC(=O)c1cn(-c2ccccc2)nc1-c1cccnc1. The molecule has 0 aliphatic rings. The third-order valence-electron chi connectivity index (χ3n) is 5.89. The topological polar surface area (TPSA) is 72.3 Å². The second-order valence-corrected chi connectivity index (χ2v) is 8.08. The van der Waals surface area contributed by atoms with Gasteiger partial charge in [0.15, 0.2) is 0 Å². The van der Waals surface area contributed by atoms with Crippen molar-refractivity contribution in [1.29, 1.82) is 0 Å². The summed E-state index contributed by atoms with van der Waals surface area (Å²) in [4.78, 5) is 19.8. The third-order valence-corrected chi connectivity index (χ3v) is 5.89. The van der Waals surface area contributed by atoms with E-state index in [4.69, 9.17) is 9.84 Å². The molecule has 0 bridgehead atoms. The van der Waals surface area contributed by atoms with Crippen molar-refractivity contribution >= 4 is 5.91 Å². The third kappa shape index (κ3) is 6.13. The highest BCUT2D eigenvalue weighted by atomic mass is 16.5. The number of ether oxygens (including phenoxy) is 1. The van der Waals surface area contributed by atoms with Crippen LogP contribution in [0.1, 0.15) is 29.8 Å². The van der Waals surface area contributed by atoms with E-state index in [0.717, 1.165) is 42.2 Å². The molecule has 4 rings (SSSR count). The van der Waals surface area contributed by atoms with Gasteiger partial charge in [-0.3, -0.25) is 9.78 Å². The summed E-state index contributed by atoms with van der Waals surface area (Å²) < 4.78 is 7.77. The van der Waals surface area contributed by atoms with Gasteiger partial charge in [0.1, 0.15) is 18.1 Å². The molecule has 2 aromatic heterocycles. The minimum absolute atomic E-state index is 0.205. The van der Waals surface area contributed by atoms with Crippen molar-refractivity contribution in [1.82, 2.24) is 25.0 Å². The smallest absolute Gasteiger partial charge is 0.255 e. The van der Waals surface area contributed by atoms with Gasteiger partial charge in [0, 0.05) is 42.8 Å². The van der Waals surface area contributed by atoms with Crippen LogP contribution in [-0.2, 0) is 6.54 Å². The largest absolute Gasteiger partial charge is 0.492 e. The van der Waals surface area contributed by atoms with Crippen molar-refractivity contribution in [2.75, 3.05) is 26.2 Å². The fourth-order valence-corrected chi connectivity index (χ4v) is 3.86. The van der Waals surface area contributed by atoms with Crippen molar-refractivity contribution in [3.05, 3.63) is 96.4 Å². The van der Waals surface area contributed by atoms with Gasteiger partial charge in [0.25, 0.3) is 5.91 Å². The quantitative estimate of drug-likeness (QED) is 0.348. The molecular weight excluding hydrogens is 438 g/mol. The first-order chi connectivity index (χ1) is 17.2. The molecule has 2 heterocycles. The predicted octanol–water partition coefficient (Wildman–Crippen LogP) is 4.58. The van der Waals surface area contributed by atoms with E-state index >= 15 is 0 Å². The highest BCUT2D eigenvalue weighted by molar-refractivity contribution is 5.99. The number of rotatable bonds is 11. The lowest BCUT2D eigenvalue weighted by atomic mass is 10.1. The summed E-state index contributed by atoms with van der Waals surface area (Å²) in [6.07, 6.45) is 5.18. The molecule has 1 amide bonds. The predicted molar refractivity (Wildman–Crippen MR) is 138 cm³/mol. The zero-order chi connectivity index (χ0) is 24.5. The zero-order valence-electron chi connectivity index (χ0n) is 20.2. The first kappa shape index (κ1) is 24.2. The van der Waals surface area contributed by atoms with E-state index in [-0.39, 0.29) is 5.91 Å². The number of pyridine rings is 1. The van der Waals surface area contributed by atoms with E-state index in [1.165, 1.54) is 0 Å². The number of nitrogens with one attached hydrogen (secondary N) is 1. The summed E-state index contributed by atoms with van der Waals surface area (Å²) in [6, 6.07) is 21.3. The molecule has 0 aliphatic carbocycles. The van der Waals surface area contributed by atoms with Gasteiger partial charge >= 0.3 is 0 Å². The lowest BCUT2D eigenvalue weighted by molar-refractivity contribution is 0.0951. The highest BCUT2D eigenvalue weighted by Gasteiger charge is 2.19. The molecule has 2 aromatic carbocycles. The van der Waals surface area contributed by atoms with Gasteiger partial charge < -0.3 is 15.0 Å². The fraction of sp³-hybridized carbons (Fsp3) is 0.250. The molecule has 0 aliphatic heterocycles. The Morgan fingerprint density at radius 1 is 1.00 bits per heavy atom. The molecule has 0 unspecified atom stereocenters. The Hall–Kier alpha value is -3.97. The number of likely N-dealkylation sites (N-methyl/N-ethyl adjacent to an activating group) is 1. The summed E-state index contributed by atoms with van der Waals surface area (Å²) in [6.45, 7) is 8.09. The molecule has 180 valence electrons. The standard InChI is InChI=1S/C28H31N5O2/c1-3-32(4-2)17-18-35-26-15-9-8-11-22(26)20-30-28(34)25-21-33(24-13-6-5-7-14-24)31-27(25)23-12-10-16-29-19-23/h5-16,19,21H,3-4,17-18,20H2,1-2H3,(H,30,34). The van der Waals surface area contributed by atoms with Crippen LogP contribution in [0.4, 0.5) is 0 Å². The number of hydrogen-bond donors (Lipinski definition) is 1. The Morgan fingerprint density at radius 3 is 2.51 bits per heavy atom. The molecule has 4 aromatic rings. The molecule has 0 atom stereocenters. The summed E-state index contributed by atoms with van der Waals surface area (Å²) in [7, 11) is 0. The van der Waals surface area contributed by atoms with Gasteiger partial charge in [0.05, 0.1) is 11.3 Å². The summed E-state index contributed by atoms with van der Waals surface area (Å²) in [5.74, 6) is 0.580. The van der Waals surface area contributed by atoms with E-state index < -0.39 is 0 Å². The highest BCUT2D eigenvalue weighted by Crippen LogP contribution is 2.24. The Balaban J connectivity index is 1.51. The van der Waals surface area contributed by atoms with Gasteiger partial charge in [0.2, 0.25) is 0 Å². The van der Waals surface area contributed by atoms with Gasteiger partial charge in [-0.2, -0.15) is 5.10 Å². The first-order valence-electron chi connectivity index (χ1n) is 12.0. The van der Waals surface area contributed by atoms with E-state index in [1.807, 2.05) is 66.7 Å². The van der Waals surface area contributed by atoms with E-state index in [1.54, 1.807) is 23.3 Å². The maximum Gasteiger partial charge on any atom is 0.255 e. The number of amides is 1. The number of nitrogens with zero attached hydrogens (tertiary/aromatic N) is 4. The van der Waals surface area contributed by atoms with Crippen molar-refractivity contribution in [2.45, 2.75) is 20.4 Å². The Bertz CT molecular complexity index is 1220. The van der Waals surface area contributed by atoms with Gasteiger partial charge in [-0.05, 0) is 43.4 Å². The van der Waals surface area contributed by atoms with Gasteiger partial charge in [-0.25, -0.2) is 4.68 Å². The van der Waals surface area contributed by atoms with Gasteiger partial charge in [-0.15, -0.1) is 0 Å². The van der Waals surface area contributed by atoms with Crippen LogP contribution >= 0.6 is 0 Å². The van der Waals surface area contributed by atoms with Crippen LogP contribution in [0.25, 0.3) is 16.9 Å². The Labute approximate surface area is 206 Å². The second kappa shape index (κ2) is 11.9. The lowest BCUT2D eigenvalue weighted by Gasteiger charge is -2.19. The Morgan fingerprint density at radius 2 is 1.77 bits per heavy atom. The lowest BCUT2D eigenvalue weighted by Crippen LogP contribution is -2.28.